The van der Waals surface area contributed by atoms with E-state index in [1.807, 2.05) is 49.9 Å². The molecule has 1 N–H and O–H groups in total. The second-order valence-corrected chi connectivity index (χ2v) is 11.1. The normalized spacial score (nSPS) is 19.1. The highest BCUT2D eigenvalue weighted by atomic mass is 19.1. The Morgan fingerprint density at radius 1 is 1.08 bits per heavy atom. The molecular formula is C29H30FN5O4. The van der Waals surface area contributed by atoms with Crippen molar-refractivity contribution in [3.63, 3.8) is 0 Å². The number of ether oxygens (including phenoxy) is 2. The van der Waals surface area contributed by atoms with Crippen LogP contribution in [0.15, 0.2) is 42.6 Å². The number of piperazine rings is 1. The van der Waals surface area contributed by atoms with Gasteiger partial charge in [0.2, 0.25) is 0 Å². The fourth-order valence-corrected chi connectivity index (χ4v) is 5.72. The van der Waals surface area contributed by atoms with E-state index in [0.29, 0.717) is 29.9 Å². The number of aromatic nitrogens is 3. The zero-order chi connectivity index (χ0) is 27.5. The van der Waals surface area contributed by atoms with Crippen LogP contribution >= 0.6 is 0 Å². The number of fused-ring (bicyclic) bond motifs is 4. The molecular weight excluding hydrogens is 501 g/mol. The lowest BCUT2D eigenvalue weighted by Gasteiger charge is -2.42. The number of rotatable bonds is 3. The van der Waals surface area contributed by atoms with Gasteiger partial charge in [-0.25, -0.2) is 9.18 Å². The summed E-state index contributed by atoms with van der Waals surface area (Å²) in [5.41, 5.74) is 0.0477. The number of hydrogen-bond donors (Lipinski definition) is 1. The SMILES string of the molecule is COc1nc(N2C[C@H]3CC[C@@H](C2)N3C(=O)OC(C)(C)C)c2cnc(-c3cc(O)cc4ccccc34)c(F)c2n1. The second kappa shape index (κ2) is 9.21. The van der Waals surface area contributed by atoms with E-state index in [9.17, 15) is 9.90 Å². The minimum atomic E-state index is -0.624. The van der Waals surface area contributed by atoms with Gasteiger partial charge in [-0.1, -0.05) is 24.3 Å². The first-order valence-electron chi connectivity index (χ1n) is 13.0. The topological polar surface area (TPSA) is 101 Å². The third-order valence-electron chi connectivity index (χ3n) is 7.31. The zero-order valence-electron chi connectivity index (χ0n) is 22.3. The van der Waals surface area contributed by atoms with E-state index >= 15 is 4.39 Å². The minimum absolute atomic E-state index is 0.0179. The van der Waals surface area contributed by atoms with E-state index in [4.69, 9.17) is 9.47 Å². The summed E-state index contributed by atoms with van der Waals surface area (Å²) >= 11 is 0. The molecule has 1 amide bonds. The Morgan fingerprint density at radius 2 is 1.79 bits per heavy atom. The summed E-state index contributed by atoms with van der Waals surface area (Å²) in [7, 11) is 1.44. The van der Waals surface area contributed by atoms with Crippen molar-refractivity contribution in [1.82, 2.24) is 19.9 Å². The molecule has 2 aromatic carbocycles. The van der Waals surface area contributed by atoms with Crippen LogP contribution < -0.4 is 9.64 Å². The molecule has 4 aromatic rings. The number of pyridine rings is 1. The second-order valence-electron chi connectivity index (χ2n) is 11.1. The molecule has 0 aliphatic carbocycles. The maximum atomic E-state index is 16.2. The Kier molecular flexibility index (Phi) is 5.93. The van der Waals surface area contributed by atoms with Crippen molar-refractivity contribution in [2.24, 2.45) is 0 Å². The third kappa shape index (κ3) is 4.43. The summed E-state index contributed by atoms with van der Waals surface area (Å²) in [6.07, 6.45) is 2.96. The number of nitrogens with zero attached hydrogens (tertiary/aromatic N) is 5. The molecule has 202 valence electrons. The summed E-state index contributed by atoms with van der Waals surface area (Å²) in [4.78, 5) is 30.3. The molecule has 2 saturated heterocycles. The molecule has 39 heavy (non-hydrogen) atoms. The van der Waals surface area contributed by atoms with Crippen molar-refractivity contribution < 1.29 is 23.8 Å². The molecule has 2 fully saturated rings. The van der Waals surface area contributed by atoms with Gasteiger partial charge < -0.3 is 19.5 Å². The molecule has 0 radical (unpaired) electrons. The van der Waals surface area contributed by atoms with Gasteiger partial charge in [0.25, 0.3) is 0 Å². The van der Waals surface area contributed by atoms with E-state index in [1.165, 1.54) is 13.2 Å². The van der Waals surface area contributed by atoms with Crippen molar-refractivity contribution in [2.45, 2.75) is 51.3 Å². The van der Waals surface area contributed by atoms with Gasteiger partial charge in [0.1, 0.15) is 28.4 Å². The van der Waals surface area contributed by atoms with E-state index in [-0.39, 0.29) is 41.1 Å². The minimum Gasteiger partial charge on any atom is -0.508 e. The van der Waals surface area contributed by atoms with Crippen LogP contribution in [0, 0.1) is 5.82 Å². The molecule has 0 spiro atoms. The molecule has 2 aliphatic heterocycles. The first-order valence-corrected chi connectivity index (χ1v) is 13.0. The number of benzene rings is 2. The number of methoxy groups -OCH3 is 1. The highest BCUT2D eigenvalue weighted by molar-refractivity contribution is 6.00. The van der Waals surface area contributed by atoms with Crippen LogP contribution in [0.1, 0.15) is 33.6 Å². The van der Waals surface area contributed by atoms with E-state index in [1.54, 1.807) is 12.3 Å². The third-order valence-corrected chi connectivity index (χ3v) is 7.31. The summed E-state index contributed by atoms with van der Waals surface area (Å²) in [6, 6.07) is 10.5. The Balaban J connectivity index is 1.41. The summed E-state index contributed by atoms with van der Waals surface area (Å²) in [5, 5.41) is 12.3. The first-order chi connectivity index (χ1) is 18.6. The predicted molar refractivity (Wildman–Crippen MR) is 146 cm³/mol. The molecule has 2 aliphatic rings. The number of amides is 1. The van der Waals surface area contributed by atoms with Gasteiger partial charge in [-0.3, -0.25) is 9.88 Å². The van der Waals surface area contributed by atoms with Gasteiger partial charge in [-0.2, -0.15) is 9.97 Å². The molecule has 2 aromatic heterocycles. The average Bonchev–Trinajstić information content (AvgIpc) is 3.16. The lowest BCUT2D eigenvalue weighted by Crippen LogP contribution is -2.57. The molecule has 0 unspecified atom stereocenters. The number of hydrogen-bond acceptors (Lipinski definition) is 8. The van der Waals surface area contributed by atoms with E-state index in [0.717, 1.165) is 23.6 Å². The summed E-state index contributed by atoms with van der Waals surface area (Å²) in [5.74, 6) is -0.0961. The van der Waals surface area contributed by atoms with Crippen molar-refractivity contribution >= 4 is 33.6 Å². The standard InChI is InChI=1S/C29H30FN5O4/c1-29(2,3)39-28(37)35-17-9-10-18(35)15-34(14-17)26-22-13-31-24(23(30)25(22)32-27(33-26)38-4)21-12-19(36)11-16-7-5-6-8-20(16)21/h5-8,11-13,17-18,36H,9-10,14-15H2,1-4H3/t17-,18+. The fourth-order valence-electron chi connectivity index (χ4n) is 5.72. The molecule has 0 saturated carbocycles. The van der Waals surface area contributed by atoms with Crippen LogP contribution in [-0.2, 0) is 4.74 Å². The van der Waals surface area contributed by atoms with Gasteiger partial charge in [-0.15, -0.1) is 0 Å². The lowest BCUT2D eigenvalue weighted by molar-refractivity contribution is 0.0123. The highest BCUT2D eigenvalue weighted by Gasteiger charge is 2.45. The number of halogens is 1. The van der Waals surface area contributed by atoms with Crippen LogP contribution in [0.3, 0.4) is 0 Å². The van der Waals surface area contributed by atoms with Crippen LogP contribution in [0.2, 0.25) is 0 Å². The Hall–Kier alpha value is -4.21. The largest absolute Gasteiger partial charge is 0.508 e. The quantitative estimate of drug-likeness (QED) is 0.381. The molecule has 9 nitrogen and oxygen atoms in total. The Morgan fingerprint density at radius 3 is 2.49 bits per heavy atom. The summed E-state index contributed by atoms with van der Waals surface area (Å²) in [6.45, 7) is 6.62. The smallest absolute Gasteiger partial charge is 0.410 e. The van der Waals surface area contributed by atoms with Gasteiger partial charge in [-0.05, 0) is 56.5 Å². The first kappa shape index (κ1) is 25.1. The average molecular weight is 532 g/mol. The van der Waals surface area contributed by atoms with Crippen LogP contribution in [0.25, 0.3) is 32.9 Å². The summed E-state index contributed by atoms with van der Waals surface area (Å²) < 4.78 is 27.2. The lowest BCUT2D eigenvalue weighted by atomic mass is 10.00. The van der Waals surface area contributed by atoms with Gasteiger partial charge >= 0.3 is 12.1 Å². The molecule has 4 heterocycles. The van der Waals surface area contributed by atoms with Crippen molar-refractivity contribution in [3.8, 4) is 23.0 Å². The molecule has 2 atom stereocenters. The number of phenols is 1. The number of phenolic OH excluding ortho intramolecular Hbond substituents is 1. The predicted octanol–water partition coefficient (Wildman–Crippen LogP) is 5.29. The number of aromatic hydroxyl groups is 1. The molecule has 10 heteroatoms. The molecule has 2 bridgehead atoms. The van der Waals surface area contributed by atoms with Gasteiger partial charge in [0.15, 0.2) is 5.82 Å². The number of anilines is 1. The van der Waals surface area contributed by atoms with Crippen molar-refractivity contribution in [2.75, 3.05) is 25.1 Å². The van der Waals surface area contributed by atoms with Gasteiger partial charge in [0, 0.05) is 24.8 Å². The molecule has 6 rings (SSSR count). The van der Waals surface area contributed by atoms with E-state index < -0.39 is 11.4 Å². The van der Waals surface area contributed by atoms with Gasteiger partial charge in [0.05, 0.1) is 24.6 Å². The Labute approximate surface area is 225 Å². The van der Waals surface area contributed by atoms with E-state index in [2.05, 4.69) is 19.9 Å². The van der Waals surface area contributed by atoms with Crippen molar-refractivity contribution in [3.05, 3.63) is 48.4 Å². The zero-order valence-corrected chi connectivity index (χ0v) is 22.3. The maximum Gasteiger partial charge on any atom is 0.410 e. The van der Waals surface area contributed by atoms with Crippen LogP contribution in [0.4, 0.5) is 15.0 Å². The van der Waals surface area contributed by atoms with Crippen LogP contribution in [-0.4, -0.2) is 68.9 Å². The maximum absolute atomic E-state index is 16.2. The number of carbonyl (C=O) groups is 1. The van der Waals surface area contributed by atoms with Crippen LogP contribution in [0.5, 0.6) is 11.8 Å². The fraction of sp³-hybridized carbons (Fsp3) is 0.379. The number of carbonyl (C=O) groups excluding carboxylic acids is 1. The van der Waals surface area contributed by atoms with Crippen molar-refractivity contribution in [1.29, 1.82) is 0 Å². The highest BCUT2D eigenvalue weighted by Crippen LogP contribution is 2.39. The Bertz CT molecular complexity index is 1590. The monoisotopic (exact) mass is 531 g/mol.